The molecule has 0 fully saturated rings. The van der Waals surface area contributed by atoms with Crippen LogP contribution in [0.3, 0.4) is 0 Å². The quantitative estimate of drug-likeness (QED) is 0.429. The number of anilines is 1. The zero-order valence-electron chi connectivity index (χ0n) is 16.8. The zero-order chi connectivity index (χ0) is 22.7. The Balaban J connectivity index is 1.87. The Hall–Kier alpha value is -4.07. The van der Waals surface area contributed by atoms with Crippen molar-refractivity contribution in [3.05, 3.63) is 95.5 Å². The van der Waals surface area contributed by atoms with E-state index in [2.05, 4.69) is 10.3 Å². The molecule has 0 aliphatic carbocycles. The Bertz CT molecular complexity index is 1350. The number of hydrogen-bond donors (Lipinski definition) is 1. The van der Waals surface area contributed by atoms with Crippen LogP contribution in [0.15, 0.2) is 88.3 Å². The van der Waals surface area contributed by atoms with Gasteiger partial charge in [0.1, 0.15) is 16.9 Å². The van der Waals surface area contributed by atoms with E-state index in [1.54, 1.807) is 48.5 Å². The number of rotatable bonds is 4. The SMILES string of the molecule is COc1ccc2cc(C(=O)Nc3ccccc3)c(=Nc3cccc(C(F)(F)F)c3)oc2c1. The van der Waals surface area contributed by atoms with Crippen LogP contribution in [0.4, 0.5) is 24.5 Å². The van der Waals surface area contributed by atoms with Gasteiger partial charge < -0.3 is 14.5 Å². The molecule has 0 aliphatic heterocycles. The molecule has 1 amide bonds. The number of fused-ring (bicyclic) bond motifs is 1. The molecule has 4 rings (SSSR count). The number of methoxy groups -OCH3 is 1. The van der Waals surface area contributed by atoms with Gasteiger partial charge in [-0.3, -0.25) is 4.79 Å². The van der Waals surface area contributed by atoms with Gasteiger partial charge in [0.15, 0.2) is 0 Å². The molecule has 8 heteroatoms. The second kappa shape index (κ2) is 8.58. The number of halogens is 3. The smallest absolute Gasteiger partial charge is 0.416 e. The highest BCUT2D eigenvalue weighted by Crippen LogP contribution is 2.31. The monoisotopic (exact) mass is 438 g/mol. The van der Waals surface area contributed by atoms with Gasteiger partial charge in [0, 0.05) is 17.1 Å². The van der Waals surface area contributed by atoms with Crippen molar-refractivity contribution in [2.24, 2.45) is 4.99 Å². The largest absolute Gasteiger partial charge is 0.497 e. The Kier molecular flexibility index (Phi) is 5.68. The molecule has 0 saturated heterocycles. The highest BCUT2D eigenvalue weighted by atomic mass is 19.4. The summed E-state index contributed by atoms with van der Waals surface area (Å²) >= 11 is 0. The van der Waals surface area contributed by atoms with E-state index in [0.29, 0.717) is 22.4 Å². The number of alkyl halides is 3. The van der Waals surface area contributed by atoms with E-state index < -0.39 is 17.6 Å². The van der Waals surface area contributed by atoms with E-state index in [1.807, 2.05) is 6.07 Å². The fraction of sp³-hybridized carbons (Fsp3) is 0.0833. The predicted octanol–water partition coefficient (Wildman–Crippen LogP) is 5.94. The number of carbonyl (C=O) groups excluding carboxylic acids is 1. The fourth-order valence-electron chi connectivity index (χ4n) is 3.06. The van der Waals surface area contributed by atoms with Crippen molar-refractivity contribution in [1.29, 1.82) is 0 Å². The highest BCUT2D eigenvalue weighted by molar-refractivity contribution is 6.05. The van der Waals surface area contributed by atoms with Gasteiger partial charge in [0.2, 0.25) is 5.55 Å². The van der Waals surface area contributed by atoms with Crippen molar-refractivity contribution >= 4 is 28.3 Å². The van der Waals surface area contributed by atoms with Gasteiger partial charge in [0.25, 0.3) is 5.91 Å². The van der Waals surface area contributed by atoms with Crippen molar-refractivity contribution in [2.45, 2.75) is 6.18 Å². The third-order valence-electron chi connectivity index (χ3n) is 4.64. The number of carbonyl (C=O) groups is 1. The zero-order valence-corrected chi connectivity index (χ0v) is 16.8. The summed E-state index contributed by atoms with van der Waals surface area (Å²) in [6.07, 6.45) is -4.52. The maximum Gasteiger partial charge on any atom is 0.416 e. The van der Waals surface area contributed by atoms with Crippen LogP contribution in [0.25, 0.3) is 11.0 Å². The molecule has 0 atom stereocenters. The van der Waals surface area contributed by atoms with Gasteiger partial charge >= 0.3 is 6.18 Å². The average Bonchev–Trinajstić information content (AvgIpc) is 2.78. The van der Waals surface area contributed by atoms with Crippen LogP contribution in [0.1, 0.15) is 15.9 Å². The average molecular weight is 438 g/mol. The summed E-state index contributed by atoms with van der Waals surface area (Å²) in [6, 6.07) is 19.9. The number of benzene rings is 3. The van der Waals surface area contributed by atoms with Crippen molar-refractivity contribution in [2.75, 3.05) is 12.4 Å². The lowest BCUT2D eigenvalue weighted by Crippen LogP contribution is -2.21. The maximum absolute atomic E-state index is 13.1. The molecule has 0 saturated carbocycles. The van der Waals surface area contributed by atoms with Gasteiger partial charge in [0.05, 0.1) is 18.4 Å². The summed E-state index contributed by atoms with van der Waals surface area (Å²) in [6.45, 7) is 0. The Labute approximate surface area is 180 Å². The molecule has 0 aliphatic rings. The number of ether oxygens (including phenoxy) is 1. The highest BCUT2D eigenvalue weighted by Gasteiger charge is 2.30. The van der Waals surface area contributed by atoms with E-state index >= 15 is 0 Å². The summed E-state index contributed by atoms with van der Waals surface area (Å²) in [4.78, 5) is 17.2. The minimum Gasteiger partial charge on any atom is -0.497 e. The number of amides is 1. The molecule has 0 unspecified atom stereocenters. The first-order chi connectivity index (χ1) is 15.3. The topological polar surface area (TPSA) is 63.8 Å². The molecule has 0 bridgehead atoms. The van der Waals surface area contributed by atoms with Gasteiger partial charge in [-0.25, -0.2) is 4.99 Å². The normalized spacial score (nSPS) is 12.1. The molecule has 0 radical (unpaired) electrons. The summed E-state index contributed by atoms with van der Waals surface area (Å²) in [7, 11) is 1.50. The lowest BCUT2D eigenvalue weighted by Gasteiger charge is -2.09. The molecule has 162 valence electrons. The standard InChI is InChI=1S/C24H17F3N2O3/c1-31-19-11-10-15-12-20(22(30)28-17-7-3-2-4-8-17)23(32-21(15)14-19)29-18-9-5-6-16(13-18)24(25,26)27/h2-14H,1H3,(H,28,30). The molecule has 1 heterocycles. The van der Waals surface area contributed by atoms with Crippen LogP contribution in [0.2, 0.25) is 0 Å². The lowest BCUT2D eigenvalue weighted by atomic mass is 10.1. The Morgan fingerprint density at radius 3 is 2.47 bits per heavy atom. The molecule has 4 aromatic rings. The van der Waals surface area contributed by atoms with E-state index in [0.717, 1.165) is 12.1 Å². The molecule has 1 N–H and O–H groups in total. The van der Waals surface area contributed by atoms with E-state index in [-0.39, 0.29) is 16.8 Å². The van der Waals surface area contributed by atoms with Gasteiger partial charge in [-0.2, -0.15) is 13.2 Å². The van der Waals surface area contributed by atoms with Crippen LogP contribution >= 0.6 is 0 Å². The van der Waals surface area contributed by atoms with Crippen molar-refractivity contribution < 1.29 is 27.1 Å². The predicted molar refractivity (Wildman–Crippen MR) is 114 cm³/mol. The first-order valence-electron chi connectivity index (χ1n) is 9.54. The molecule has 1 aromatic heterocycles. The van der Waals surface area contributed by atoms with Crippen LogP contribution in [0, 0.1) is 0 Å². The fourth-order valence-corrected chi connectivity index (χ4v) is 3.06. The summed E-state index contributed by atoms with van der Waals surface area (Å²) < 4.78 is 50.3. The number of para-hydroxylation sites is 1. The van der Waals surface area contributed by atoms with E-state index in [9.17, 15) is 18.0 Å². The summed E-state index contributed by atoms with van der Waals surface area (Å²) in [5.41, 5.74) is 0.0159. The molecular formula is C24H17F3N2O3. The number of nitrogens with one attached hydrogen (secondary N) is 1. The number of nitrogens with zero attached hydrogens (tertiary/aromatic N) is 1. The first kappa shape index (κ1) is 21.2. The van der Waals surface area contributed by atoms with Crippen molar-refractivity contribution in [3.63, 3.8) is 0 Å². The van der Waals surface area contributed by atoms with Crippen LogP contribution < -0.4 is 15.6 Å². The molecule has 5 nitrogen and oxygen atoms in total. The van der Waals surface area contributed by atoms with Crippen molar-refractivity contribution in [3.8, 4) is 5.75 Å². The van der Waals surface area contributed by atoms with Gasteiger partial charge in [-0.05, 0) is 48.5 Å². The van der Waals surface area contributed by atoms with Crippen LogP contribution in [0.5, 0.6) is 5.75 Å². The minimum absolute atomic E-state index is 0.000387. The molecule has 0 spiro atoms. The summed E-state index contributed by atoms with van der Waals surface area (Å²) in [5.74, 6) is 0.0103. The third kappa shape index (κ3) is 4.64. The first-order valence-corrected chi connectivity index (χ1v) is 9.54. The van der Waals surface area contributed by atoms with Crippen molar-refractivity contribution in [1.82, 2.24) is 0 Å². The summed E-state index contributed by atoms with van der Waals surface area (Å²) in [5, 5.41) is 3.35. The lowest BCUT2D eigenvalue weighted by molar-refractivity contribution is -0.137. The molecular weight excluding hydrogens is 421 g/mol. The van der Waals surface area contributed by atoms with E-state index in [4.69, 9.17) is 9.15 Å². The van der Waals surface area contributed by atoms with Crippen LogP contribution in [-0.2, 0) is 6.18 Å². The van der Waals surface area contributed by atoms with E-state index in [1.165, 1.54) is 19.2 Å². The molecule has 32 heavy (non-hydrogen) atoms. The Morgan fingerprint density at radius 1 is 0.969 bits per heavy atom. The second-order valence-corrected chi connectivity index (χ2v) is 6.85. The maximum atomic E-state index is 13.1. The van der Waals surface area contributed by atoms with Gasteiger partial charge in [-0.15, -0.1) is 0 Å². The molecule has 3 aromatic carbocycles. The van der Waals surface area contributed by atoms with Gasteiger partial charge in [-0.1, -0.05) is 24.3 Å². The second-order valence-electron chi connectivity index (χ2n) is 6.85. The minimum atomic E-state index is -4.52. The third-order valence-corrected chi connectivity index (χ3v) is 4.64. The number of hydrogen-bond acceptors (Lipinski definition) is 4. The Morgan fingerprint density at radius 2 is 1.75 bits per heavy atom. The van der Waals surface area contributed by atoms with Crippen LogP contribution in [-0.4, -0.2) is 13.0 Å².